The van der Waals surface area contributed by atoms with Crippen LogP contribution in [0.25, 0.3) is 10.9 Å². The van der Waals surface area contributed by atoms with Crippen LogP contribution >= 0.6 is 11.8 Å². The third-order valence-electron chi connectivity index (χ3n) is 3.89. The molecule has 1 amide bonds. The van der Waals surface area contributed by atoms with Gasteiger partial charge in [-0.1, -0.05) is 30.0 Å². The van der Waals surface area contributed by atoms with Gasteiger partial charge in [-0.3, -0.25) is 4.79 Å². The molecule has 3 rings (SSSR count). The maximum atomic E-state index is 12.3. The van der Waals surface area contributed by atoms with Crippen LogP contribution in [0.4, 0.5) is 5.69 Å². The lowest BCUT2D eigenvalue weighted by Gasteiger charge is -2.12. The van der Waals surface area contributed by atoms with E-state index in [2.05, 4.69) is 16.4 Å². The molecule has 134 valence electrons. The van der Waals surface area contributed by atoms with Crippen LogP contribution in [0, 0.1) is 6.92 Å². The predicted octanol–water partition coefficient (Wildman–Crippen LogP) is 4.29. The molecule has 26 heavy (non-hydrogen) atoms. The average Bonchev–Trinajstić information content (AvgIpc) is 2.66. The Morgan fingerprint density at radius 3 is 2.69 bits per heavy atom. The summed E-state index contributed by atoms with van der Waals surface area (Å²) in [4.78, 5) is 17.0. The molecule has 3 aromatic rings. The molecule has 1 N–H and O–H groups in total. The van der Waals surface area contributed by atoms with E-state index < -0.39 is 0 Å². The van der Waals surface area contributed by atoms with Crippen molar-refractivity contribution < 1.29 is 14.3 Å². The summed E-state index contributed by atoms with van der Waals surface area (Å²) in [7, 11) is 3.14. The molecule has 6 heteroatoms. The van der Waals surface area contributed by atoms with E-state index in [1.807, 2.05) is 31.2 Å². The molecular formula is C20H20N2O3S. The highest BCUT2D eigenvalue weighted by atomic mass is 32.2. The van der Waals surface area contributed by atoms with Gasteiger partial charge < -0.3 is 14.8 Å². The summed E-state index contributed by atoms with van der Waals surface area (Å²) < 4.78 is 10.5. The first-order valence-electron chi connectivity index (χ1n) is 8.12. The summed E-state index contributed by atoms with van der Waals surface area (Å²) in [5.74, 6) is 1.38. The number of nitrogens with zero attached hydrogens (tertiary/aromatic N) is 1. The lowest BCUT2D eigenvalue weighted by molar-refractivity contribution is -0.113. The average molecular weight is 368 g/mol. The molecule has 0 aliphatic carbocycles. The second-order valence-electron chi connectivity index (χ2n) is 5.71. The van der Waals surface area contributed by atoms with Crippen LogP contribution in [0.1, 0.15) is 5.56 Å². The summed E-state index contributed by atoms with van der Waals surface area (Å²) in [6, 6.07) is 15.3. The van der Waals surface area contributed by atoms with Crippen LogP contribution in [-0.4, -0.2) is 30.9 Å². The van der Waals surface area contributed by atoms with Crippen molar-refractivity contribution in [3.05, 3.63) is 54.1 Å². The van der Waals surface area contributed by atoms with Crippen LogP contribution in [0.15, 0.2) is 53.6 Å². The predicted molar refractivity (Wildman–Crippen MR) is 105 cm³/mol. The quantitative estimate of drug-likeness (QED) is 0.658. The molecule has 1 aromatic heterocycles. The van der Waals surface area contributed by atoms with E-state index in [9.17, 15) is 4.79 Å². The molecule has 0 fully saturated rings. The minimum Gasteiger partial charge on any atom is -0.497 e. The number of methoxy groups -OCH3 is 2. The maximum Gasteiger partial charge on any atom is 0.234 e. The van der Waals surface area contributed by atoms with E-state index in [1.165, 1.54) is 11.8 Å². The lowest BCUT2D eigenvalue weighted by Crippen LogP contribution is -2.15. The van der Waals surface area contributed by atoms with Crippen molar-refractivity contribution in [3.63, 3.8) is 0 Å². The highest BCUT2D eigenvalue weighted by molar-refractivity contribution is 8.00. The van der Waals surface area contributed by atoms with Gasteiger partial charge in [-0.25, -0.2) is 4.98 Å². The summed E-state index contributed by atoms with van der Waals surface area (Å²) in [6.45, 7) is 2.01. The molecule has 0 radical (unpaired) electrons. The molecular weight excluding hydrogens is 348 g/mol. The number of rotatable bonds is 6. The number of ether oxygens (including phenoxy) is 2. The number of aryl methyl sites for hydroxylation is 1. The standard InChI is InChI=1S/C20H20N2O3S/c1-13-10-14-6-4-5-7-16(14)22-20(13)26-12-19(23)21-17-9-8-15(24-2)11-18(17)25-3/h4-11H,12H2,1-3H3,(H,21,23). The first-order valence-corrected chi connectivity index (χ1v) is 9.10. The molecule has 0 bridgehead atoms. The van der Waals surface area contributed by atoms with Crippen molar-refractivity contribution in [3.8, 4) is 11.5 Å². The largest absolute Gasteiger partial charge is 0.497 e. The Hall–Kier alpha value is -2.73. The van der Waals surface area contributed by atoms with E-state index in [4.69, 9.17) is 9.47 Å². The van der Waals surface area contributed by atoms with Crippen molar-refractivity contribution in [1.82, 2.24) is 4.98 Å². The molecule has 0 saturated heterocycles. The number of pyridine rings is 1. The highest BCUT2D eigenvalue weighted by Gasteiger charge is 2.11. The van der Waals surface area contributed by atoms with Gasteiger partial charge in [0.1, 0.15) is 16.5 Å². The van der Waals surface area contributed by atoms with Crippen molar-refractivity contribution in [2.45, 2.75) is 11.9 Å². The fourth-order valence-electron chi connectivity index (χ4n) is 2.57. The van der Waals surface area contributed by atoms with E-state index in [0.717, 1.165) is 21.5 Å². The topological polar surface area (TPSA) is 60.5 Å². The molecule has 0 aliphatic rings. The molecule has 0 atom stereocenters. The molecule has 1 heterocycles. The Balaban J connectivity index is 1.69. The zero-order valence-electron chi connectivity index (χ0n) is 14.9. The highest BCUT2D eigenvalue weighted by Crippen LogP contribution is 2.30. The number of hydrogen-bond acceptors (Lipinski definition) is 5. The fraction of sp³-hybridized carbons (Fsp3) is 0.200. The smallest absolute Gasteiger partial charge is 0.234 e. The van der Waals surface area contributed by atoms with Crippen LogP contribution in [0.3, 0.4) is 0 Å². The van der Waals surface area contributed by atoms with Crippen molar-refractivity contribution >= 4 is 34.3 Å². The third kappa shape index (κ3) is 4.08. The van der Waals surface area contributed by atoms with Gasteiger partial charge in [0.2, 0.25) is 5.91 Å². The number of carbonyl (C=O) groups is 1. The van der Waals surface area contributed by atoms with E-state index >= 15 is 0 Å². The number of thioether (sulfide) groups is 1. The van der Waals surface area contributed by atoms with Crippen molar-refractivity contribution in [2.75, 3.05) is 25.3 Å². The number of amides is 1. The Kier molecular flexibility index (Phi) is 5.63. The first-order chi connectivity index (χ1) is 12.6. The monoisotopic (exact) mass is 368 g/mol. The van der Waals surface area contributed by atoms with Gasteiger partial charge >= 0.3 is 0 Å². The van der Waals surface area contributed by atoms with E-state index in [0.29, 0.717) is 17.2 Å². The number of hydrogen-bond donors (Lipinski definition) is 1. The fourth-order valence-corrected chi connectivity index (χ4v) is 3.36. The van der Waals surface area contributed by atoms with Gasteiger partial charge in [0, 0.05) is 11.5 Å². The number of anilines is 1. The normalized spacial score (nSPS) is 10.6. The van der Waals surface area contributed by atoms with Gasteiger partial charge in [-0.2, -0.15) is 0 Å². The molecule has 0 aliphatic heterocycles. The minimum atomic E-state index is -0.118. The Morgan fingerprint density at radius 1 is 1.12 bits per heavy atom. The second kappa shape index (κ2) is 8.10. The van der Waals surface area contributed by atoms with Gasteiger partial charge in [0.25, 0.3) is 0 Å². The van der Waals surface area contributed by atoms with Crippen LogP contribution in [-0.2, 0) is 4.79 Å². The molecule has 0 spiro atoms. The summed E-state index contributed by atoms with van der Waals surface area (Å²) in [5.41, 5.74) is 2.60. The molecule has 0 saturated carbocycles. The maximum absolute atomic E-state index is 12.3. The first kappa shape index (κ1) is 18.1. The number of carbonyl (C=O) groups excluding carboxylic acids is 1. The van der Waals surface area contributed by atoms with Crippen molar-refractivity contribution in [1.29, 1.82) is 0 Å². The molecule has 2 aromatic carbocycles. The Morgan fingerprint density at radius 2 is 1.92 bits per heavy atom. The van der Waals surface area contributed by atoms with Crippen molar-refractivity contribution in [2.24, 2.45) is 0 Å². The van der Waals surface area contributed by atoms with Gasteiger partial charge in [-0.05, 0) is 36.8 Å². The lowest BCUT2D eigenvalue weighted by atomic mass is 10.2. The number of aromatic nitrogens is 1. The zero-order chi connectivity index (χ0) is 18.5. The number of fused-ring (bicyclic) bond motifs is 1. The summed E-state index contributed by atoms with van der Waals surface area (Å²) >= 11 is 1.42. The van der Waals surface area contributed by atoms with Gasteiger partial charge in [0.15, 0.2) is 0 Å². The van der Waals surface area contributed by atoms with Crippen LogP contribution < -0.4 is 14.8 Å². The van der Waals surface area contributed by atoms with Crippen LogP contribution in [0.5, 0.6) is 11.5 Å². The minimum absolute atomic E-state index is 0.118. The summed E-state index contributed by atoms with van der Waals surface area (Å²) in [6.07, 6.45) is 0. The Bertz CT molecular complexity index is 943. The van der Waals surface area contributed by atoms with E-state index in [-0.39, 0.29) is 11.7 Å². The van der Waals surface area contributed by atoms with Crippen LogP contribution in [0.2, 0.25) is 0 Å². The molecule has 0 unspecified atom stereocenters. The number of para-hydroxylation sites is 1. The van der Waals surface area contributed by atoms with Gasteiger partial charge in [0.05, 0.1) is 31.2 Å². The number of nitrogens with one attached hydrogen (secondary N) is 1. The van der Waals surface area contributed by atoms with Gasteiger partial charge in [-0.15, -0.1) is 0 Å². The Labute approximate surface area is 156 Å². The zero-order valence-corrected chi connectivity index (χ0v) is 15.7. The third-order valence-corrected chi connectivity index (χ3v) is 4.98. The summed E-state index contributed by atoms with van der Waals surface area (Å²) in [5, 5.41) is 4.83. The van der Waals surface area contributed by atoms with E-state index in [1.54, 1.807) is 32.4 Å². The number of benzene rings is 2. The molecule has 5 nitrogen and oxygen atoms in total. The second-order valence-corrected chi connectivity index (χ2v) is 6.67. The SMILES string of the molecule is COc1ccc(NC(=O)CSc2nc3ccccc3cc2C)c(OC)c1.